The third kappa shape index (κ3) is 4.88. The van der Waals surface area contributed by atoms with Crippen LogP contribution >= 0.6 is 0 Å². The van der Waals surface area contributed by atoms with Gasteiger partial charge in [-0.2, -0.15) is 0 Å². The van der Waals surface area contributed by atoms with E-state index in [0.717, 1.165) is 4.57 Å². The van der Waals surface area contributed by atoms with Crippen LogP contribution in [-0.4, -0.2) is 51.7 Å². The summed E-state index contributed by atoms with van der Waals surface area (Å²) >= 11 is 0. The summed E-state index contributed by atoms with van der Waals surface area (Å²) in [5.41, 5.74) is -0.714. The molecule has 0 unspecified atom stereocenters. The van der Waals surface area contributed by atoms with E-state index in [4.69, 9.17) is 9.47 Å². The molecular weight excluding hydrogens is 344 g/mol. The number of hydrogen-bond acceptors (Lipinski definition) is 7. The summed E-state index contributed by atoms with van der Waals surface area (Å²) in [5.74, 6) is -0.592. The smallest absolute Gasteiger partial charge is 0.338 e. The van der Waals surface area contributed by atoms with Crippen molar-refractivity contribution in [2.75, 3.05) is 19.8 Å². The molecule has 0 saturated heterocycles. The van der Waals surface area contributed by atoms with Crippen molar-refractivity contribution in [1.82, 2.24) is 9.55 Å². The number of aromatic amines is 1. The first-order valence-electron chi connectivity index (χ1n) is 7.87. The van der Waals surface area contributed by atoms with Crippen LogP contribution in [0.4, 0.5) is 0 Å². The van der Waals surface area contributed by atoms with Gasteiger partial charge in [0.2, 0.25) is 0 Å². The molecule has 1 heterocycles. The number of aromatic nitrogens is 2. The first-order chi connectivity index (χ1) is 12.5. The van der Waals surface area contributed by atoms with Gasteiger partial charge in [-0.25, -0.2) is 9.59 Å². The summed E-state index contributed by atoms with van der Waals surface area (Å²) in [6.45, 7) is 0.121. The molecule has 0 radical (unpaired) electrons. The minimum Gasteiger partial charge on any atom is -0.459 e. The van der Waals surface area contributed by atoms with E-state index in [0.29, 0.717) is 5.56 Å². The second-order valence-electron chi connectivity index (χ2n) is 5.52. The molecule has 9 nitrogen and oxygen atoms in total. The number of aliphatic hydroxyl groups is 2. The SMILES string of the molecule is Cc1cn([C@@H](CO)O[C@@H](CO)COC(=O)c2ccccc2)c(=O)[nH]c1=O. The van der Waals surface area contributed by atoms with Crippen LogP contribution in [0.2, 0.25) is 0 Å². The number of benzene rings is 1. The lowest BCUT2D eigenvalue weighted by Crippen LogP contribution is -2.38. The predicted molar refractivity (Wildman–Crippen MR) is 90.9 cm³/mol. The highest BCUT2D eigenvalue weighted by molar-refractivity contribution is 5.89. The first-order valence-corrected chi connectivity index (χ1v) is 7.87. The van der Waals surface area contributed by atoms with E-state index in [1.807, 2.05) is 0 Å². The number of carbonyl (C=O) groups is 1. The van der Waals surface area contributed by atoms with E-state index >= 15 is 0 Å². The van der Waals surface area contributed by atoms with Gasteiger partial charge in [0.15, 0.2) is 6.23 Å². The number of rotatable bonds is 8. The molecule has 9 heteroatoms. The van der Waals surface area contributed by atoms with Crippen molar-refractivity contribution in [2.45, 2.75) is 19.3 Å². The summed E-state index contributed by atoms with van der Waals surface area (Å²) in [5, 5.41) is 18.9. The molecule has 0 fully saturated rings. The van der Waals surface area contributed by atoms with E-state index in [2.05, 4.69) is 4.98 Å². The molecular formula is C17H20N2O7. The van der Waals surface area contributed by atoms with Crippen molar-refractivity contribution in [3.63, 3.8) is 0 Å². The normalized spacial score (nSPS) is 13.2. The maximum Gasteiger partial charge on any atom is 0.338 e. The lowest BCUT2D eigenvalue weighted by atomic mass is 10.2. The zero-order valence-electron chi connectivity index (χ0n) is 14.1. The Morgan fingerprint density at radius 3 is 2.50 bits per heavy atom. The Labute approximate surface area is 148 Å². The molecule has 0 spiro atoms. The molecule has 0 amide bonds. The Bertz CT molecular complexity index is 844. The van der Waals surface area contributed by atoms with Gasteiger partial charge in [0.25, 0.3) is 5.56 Å². The summed E-state index contributed by atoms with van der Waals surface area (Å²) in [7, 11) is 0. The minimum absolute atomic E-state index is 0.253. The van der Waals surface area contributed by atoms with E-state index in [1.54, 1.807) is 30.3 Å². The largest absolute Gasteiger partial charge is 0.459 e. The molecule has 0 aliphatic rings. The van der Waals surface area contributed by atoms with Crippen LogP contribution in [-0.2, 0) is 9.47 Å². The van der Waals surface area contributed by atoms with Crippen molar-refractivity contribution >= 4 is 5.97 Å². The molecule has 26 heavy (non-hydrogen) atoms. The summed E-state index contributed by atoms with van der Waals surface area (Å²) in [6, 6.07) is 8.28. The van der Waals surface area contributed by atoms with Crippen LogP contribution in [0.15, 0.2) is 46.1 Å². The van der Waals surface area contributed by atoms with Crippen LogP contribution in [0.1, 0.15) is 22.1 Å². The highest BCUT2D eigenvalue weighted by Gasteiger charge is 2.21. The standard InChI is InChI=1S/C17H20N2O7/c1-11-7-19(17(24)18-15(11)22)14(9-21)26-13(8-20)10-25-16(23)12-5-3-2-4-6-12/h2-7,13-14,20-21H,8-10H2,1H3,(H,18,22,24)/t13-,14+/m0/s1. The van der Waals surface area contributed by atoms with Crippen molar-refractivity contribution in [3.8, 4) is 0 Å². The van der Waals surface area contributed by atoms with Crippen molar-refractivity contribution in [2.24, 2.45) is 0 Å². The number of hydrogen-bond donors (Lipinski definition) is 3. The number of carbonyl (C=O) groups excluding carboxylic acids is 1. The van der Waals surface area contributed by atoms with Crippen LogP contribution in [0.3, 0.4) is 0 Å². The highest BCUT2D eigenvalue weighted by Crippen LogP contribution is 2.10. The Morgan fingerprint density at radius 2 is 1.88 bits per heavy atom. The van der Waals surface area contributed by atoms with Gasteiger partial charge in [-0.1, -0.05) is 18.2 Å². The Balaban J connectivity index is 2.05. The van der Waals surface area contributed by atoms with Gasteiger partial charge in [-0.15, -0.1) is 0 Å². The molecule has 0 bridgehead atoms. The number of nitrogens with zero attached hydrogens (tertiary/aromatic N) is 1. The summed E-state index contributed by atoms with van der Waals surface area (Å²) in [6.07, 6.45) is -0.892. The molecule has 2 atom stereocenters. The van der Waals surface area contributed by atoms with Gasteiger partial charge in [0.05, 0.1) is 18.8 Å². The van der Waals surface area contributed by atoms with Crippen LogP contribution in [0.25, 0.3) is 0 Å². The molecule has 2 aromatic rings. The monoisotopic (exact) mass is 364 g/mol. The van der Waals surface area contributed by atoms with Crippen molar-refractivity contribution in [1.29, 1.82) is 0 Å². The van der Waals surface area contributed by atoms with E-state index in [9.17, 15) is 24.6 Å². The fourth-order valence-electron chi connectivity index (χ4n) is 2.18. The number of nitrogens with one attached hydrogen (secondary N) is 1. The van der Waals surface area contributed by atoms with Crippen LogP contribution in [0, 0.1) is 6.92 Å². The number of esters is 1. The number of aliphatic hydroxyl groups excluding tert-OH is 2. The average molecular weight is 364 g/mol. The average Bonchev–Trinajstić information content (AvgIpc) is 2.66. The Hall–Kier alpha value is -2.75. The molecule has 1 aromatic heterocycles. The van der Waals surface area contributed by atoms with E-state index < -0.39 is 42.8 Å². The van der Waals surface area contributed by atoms with Crippen LogP contribution < -0.4 is 11.2 Å². The molecule has 2 rings (SSSR count). The molecule has 0 aliphatic carbocycles. The third-order valence-electron chi connectivity index (χ3n) is 3.58. The van der Waals surface area contributed by atoms with Gasteiger partial charge < -0.3 is 19.7 Å². The quantitative estimate of drug-likeness (QED) is 0.542. The lowest BCUT2D eigenvalue weighted by Gasteiger charge is -2.23. The molecule has 1 aromatic carbocycles. The molecule has 0 aliphatic heterocycles. The zero-order chi connectivity index (χ0) is 19.1. The maximum atomic E-state index is 11.9. The highest BCUT2D eigenvalue weighted by atomic mass is 16.6. The fraction of sp³-hybridized carbons (Fsp3) is 0.353. The number of ether oxygens (including phenoxy) is 2. The zero-order valence-corrected chi connectivity index (χ0v) is 14.1. The predicted octanol–water partition coefficient (Wildman–Crippen LogP) is -0.430. The van der Waals surface area contributed by atoms with Gasteiger partial charge >= 0.3 is 11.7 Å². The van der Waals surface area contributed by atoms with Crippen molar-refractivity contribution in [3.05, 3.63) is 68.5 Å². The molecule has 0 saturated carbocycles. The second-order valence-corrected chi connectivity index (χ2v) is 5.52. The van der Waals surface area contributed by atoms with Crippen molar-refractivity contribution < 1.29 is 24.5 Å². The van der Waals surface area contributed by atoms with Gasteiger partial charge in [0, 0.05) is 11.8 Å². The topological polar surface area (TPSA) is 131 Å². The lowest BCUT2D eigenvalue weighted by molar-refractivity contribution is -0.115. The van der Waals surface area contributed by atoms with E-state index in [1.165, 1.54) is 13.1 Å². The van der Waals surface area contributed by atoms with Gasteiger partial charge in [-0.3, -0.25) is 14.3 Å². The van der Waals surface area contributed by atoms with E-state index in [-0.39, 0.29) is 12.2 Å². The van der Waals surface area contributed by atoms with Gasteiger partial charge in [-0.05, 0) is 19.1 Å². The Morgan fingerprint density at radius 1 is 1.19 bits per heavy atom. The maximum absolute atomic E-state index is 11.9. The molecule has 140 valence electrons. The second kappa shape index (κ2) is 9.09. The summed E-state index contributed by atoms with van der Waals surface area (Å²) in [4.78, 5) is 37.3. The molecule has 3 N–H and O–H groups in total. The number of H-pyrrole nitrogens is 1. The number of aryl methyl sites for hydroxylation is 1. The van der Waals surface area contributed by atoms with Gasteiger partial charge in [0.1, 0.15) is 12.7 Å². The fourth-order valence-corrected chi connectivity index (χ4v) is 2.18. The minimum atomic E-state index is -1.16. The van der Waals surface area contributed by atoms with Crippen LogP contribution in [0.5, 0.6) is 0 Å². The Kier molecular flexibility index (Phi) is 6.84. The summed E-state index contributed by atoms with van der Waals surface area (Å²) < 4.78 is 11.5. The third-order valence-corrected chi connectivity index (χ3v) is 3.58. The first kappa shape index (κ1) is 19.6.